The Labute approximate surface area is 206 Å². The summed E-state index contributed by atoms with van der Waals surface area (Å²) in [4.78, 5) is 24.8. The monoisotopic (exact) mass is 491 g/mol. The van der Waals surface area contributed by atoms with Crippen LogP contribution in [-0.4, -0.2) is 42.3 Å². The van der Waals surface area contributed by atoms with E-state index in [2.05, 4.69) is 20.5 Å². The van der Waals surface area contributed by atoms with Crippen molar-refractivity contribution < 1.29 is 9.53 Å². The number of hydrogen-bond donors (Lipinski definition) is 2. The Hall–Kier alpha value is -3.46. The van der Waals surface area contributed by atoms with Crippen LogP contribution in [0.4, 0.5) is 22.1 Å². The largest absolute Gasteiger partial charge is 0.378 e. The van der Waals surface area contributed by atoms with Gasteiger partial charge in [0.15, 0.2) is 0 Å². The first-order valence-corrected chi connectivity index (χ1v) is 12.1. The molecule has 1 saturated heterocycles. The Morgan fingerprint density at radius 2 is 1.76 bits per heavy atom. The van der Waals surface area contributed by atoms with Crippen molar-refractivity contribution in [2.45, 2.75) is 0 Å². The second-order valence-electron chi connectivity index (χ2n) is 7.67. The number of benzene rings is 2. The van der Waals surface area contributed by atoms with Crippen molar-refractivity contribution in [2.75, 3.05) is 41.8 Å². The normalized spacial score (nSPS) is 13.5. The molecule has 2 aromatic heterocycles. The zero-order valence-corrected chi connectivity index (χ0v) is 19.8. The highest BCUT2D eigenvalue weighted by Crippen LogP contribution is 2.33. The summed E-state index contributed by atoms with van der Waals surface area (Å²) in [5.41, 5.74) is 4.01. The number of thiophene rings is 1. The number of carbonyl (C=O) groups excluding carboxylic acids is 1. The van der Waals surface area contributed by atoms with E-state index in [-0.39, 0.29) is 6.03 Å². The van der Waals surface area contributed by atoms with Gasteiger partial charge in [-0.2, -0.15) is 0 Å². The number of amides is 2. The lowest BCUT2D eigenvalue weighted by Crippen LogP contribution is -2.37. The molecule has 34 heavy (non-hydrogen) atoms. The smallest absolute Gasteiger partial charge is 0.323 e. The van der Waals surface area contributed by atoms with Crippen molar-refractivity contribution in [2.24, 2.45) is 0 Å². The Morgan fingerprint density at radius 1 is 1.00 bits per heavy atom. The number of carbonyl (C=O) groups is 1. The standard InChI is InChI=1S/C25H22ClN5O2S/c26-21-8-7-19(16-20(21)23-2-1-15-34-23)29-25(32)28-18-5-3-17(4-6-18)22-9-10-27-24(30-22)31-11-13-33-14-12-31/h1-10,15-16H,11-14H2,(H2,28,29,32). The number of halogens is 1. The molecule has 0 radical (unpaired) electrons. The fourth-order valence-corrected chi connectivity index (χ4v) is 4.70. The molecule has 0 spiro atoms. The molecular formula is C25H22ClN5O2S. The van der Waals surface area contributed by atoms with Gasteiger partial charge in [-0.1, -0.05) is 29.8 Å². The van der Waals surface area contributed by atoms with Gasteiger partial charge in [0.05, 0.1) is 18.9 Å². The highest BCUT2D eigenvalue weighted by atomic mass is 35.5. The maximum atomic E-state index is 12.6. The average Bonchev–Trinajstić information content (AvgIpc) is 3.41. The molecule has 1 aliphatic rings. The Morgan fingerprint density at radius 3 is 2.53 bits per heavy atom. The van der Waals surface area contributed by atoms with Crippen molar-refractivity contribution in [1.29, 1.82) is 0 Å². The molecule has 0 unspecified atom stereocenters. The third-order valence-corrected chi connectivity index (χ3v) is 6.62. The molecule has 2 amide bonds. The van der Waals surface area contributed by atoms with E-state index in [4.69, 9.17) is 21.3 Å². The van der Waals surface area contributed by atoms with Crippen molar-refractivity contribution in [3.8, 4) is 21.7 Å². The van der Waals surface area contributed by atoms with Gasteiger partial charge < -0.3 is 20.3 Å². The maximum absolute atomic E-state index is 12.6. The lowest BCUT2D eigenvalue weighted by molar-refractivity contribution is 0.122. The zero-order valence-electron chi connectivity index (χ0n) is 18.2. The van der Waals surface area contributed by atoms with E-state index >= 15 is 0 Å². The predicted octanol–water partition coefficient (Wildman–Crippen LogP) is 6.01. The Bertz CT molecular complexity index is 1270. The zero-order chi connectivity index (χ0) is 23.3. The first-order valence-electron chi connectivity index (χ1n) is 10.8. The Balaban J connectivity index is 1.24. The fraction of sp³-hybridized carbons (Fsp3) is 0.160. The van der Waals surface area contributed by atoms with Crippen LogP contribution in [0, 0.1) is 0 Å². The quantitative estimate of drug-likeness (QED) is 0.357. The number of rotatable bonds is 5. The minimum Gasteiger partial charge on any atom is -0.378 e. The number of urea groups is 1. The van der Waals surface area contributed by atoms with Crippen molar-refractivity contribution in [3.05, 3.63) is 77.3 Å². The number of nitrogens with one attached hydrogen (secondary N) is 2. The van der Waals surface area contributed by atoms with Gasteiger partial charge in [-0.05, 0) is 47.8 Å². The summed E-state index contributed by atoms with van der Waals surface area (Å²) in [5, 5.41) is 8.37. The van der Waals surface area contributed by atoms with E-state index in [0.717, 1.165) is 34.8 Å². The molecule has 7 nitrogen and oxygen atoms in total. The molecule has 9 heteroatoms. The predicted molar refractivity (Wildman–Crippen MR) is 138 cm³/mol. The van der Waals surface area contributed by atoms with Gasteiger partial charge in [-0.15, -0.1) is 11.3 Å². The maximum Gasteiger partial charge on any atom is 0.323 e. The average molecular weight is 492 g/mol. The third-order valence-electron chi connectivity index (χ3n) is 5.39. The topological polar surface area (TPSA) is 79.4 Å². The van der Waals surface area contributed by atoms with E-state index in [1.165, 1.54) is 0 Å². The molecule has 172 valence electrons. The van der Waals surface area contributed by atoms with Gasteiger partial charge in [-0.3, -0.25) is 0 Å². The summed E-state index contributed by atoms with van der Waals surface area (Å²) < 4.78 is 5.40. The van der Waals surface area contributed by atoms with Crippen LogP contribution in [0.5, 0.6) is 0 Å². The van der Waals surface area contributed by atoms with E-state index in [0.29, 0.717) is 35.6 Å². The van der Waals surface area contributed by atoms with Crippen LogP contribution in [0.1, 0.15) is 0 Å². The van der Waals surface area contributed by atoms with Crippen molar-refractivity contribution in [1.82, 2.24) is 9.97 Å². The van der Waals surface area contributed by atoms with Crippen LogP contribution in [0.2, 0.25) is 5.02 Å². The molecule has 1 fully saturated rings. The van der Waals surface area contributed by atoms with Gasteiger partial charge in [0.1, 0.15) is 0 Å². The van der Waals surface area contributed by atoms with Crippen LogP contribution in [-0.2, 0) is 4.74 Å². The number of nitrogens with zero attached hydrogens (tertiary/aromatic N) is 3. The van der Waals surface area contributed by atoms with Crippen molar-refractivity contribution in [3.63, 3.8) is 0 Å². The summed E-state index contributed by atoms with van der Waals surface area (Å²) >= 11 is 7.93. The highest BCUT2D eigenvalue weighted by molar-refractivity contribution is 7.13. The Kier molecular flexibility index (Phi) is 6.71. The molecular weight excluding hydrogens is 470 g/mol. The number of hydrogen-bond acceptors (Lipinski definition) is 6. The van der Waals surface area contributed by atoms with Gasteiger partial charge >= 0.3 is 6.03 Å². The lowest BCUT2D eigenvalue weighted by Gasteiger charge is -2.26. The second-order valence-corrected chi connectivity index (χ2v) is 9.02. The first kappa shape index (κ1) is 22.3. The van der Waals surface area contributed by atoms with Gasteiger partial charge in [-0.25, -0.2) is 14.8 Å². The summed E-state index contributed by atoms with van der Waals surface area (Å²) in [6, 6.07) is 18.5. The van der Waals surface area contributed by atoms with Crippen LogP contribution in [0.3, 0.4) is 0 Å². The van der Waals surface area contributed by atoms with E-state index in [9.17, 15) is 4.79 Å². The number of morpholine rings is 1. The number of ether oxygens (including phenoxy) is 1. The van der Waals surface area contributed by atoms with Gasteiger partial charge in [0.25, 0.3) is 0 Å². The number of aromatic nitrogens is 2. The minimum absolute atomic E-state index is 0.330. The lowest BCUT2D eigenvalue weighted by atomic mass is 10.1. The molecule has 1 aliphatic heterocycles. The molecule has 3 heterocycles. The van der Waals surface area contributed by atoms with Gasteiger partial charge in [0, 0.05) is 51.7 Å². The summed E-state index contributed by atoms with van der Waals surface area (Å²) in [7, 11) is 0. The third kappa shape index (κ3) is 5.20. The summed E-state index contributed by atoms with van der Waals surface area (Å²) in [6.45, 7) is 2.93. The van der Waals surface area contributed by atoms with Crippen LogP contribution in [0.15, 0.2) is 72.2 Å². The molecule has 4 aromatic rings. The molecule has 2 aromatic carbocycles. The van der Waals surface area contributed by atoms with E-state index < -0.39 is 0 Å². The molecule has 5 rings (SSSR count). The van der Waals surface area contributed by atoms with Gasteiger partial charge in [0.2, 0.25) is 5.95 Å². The van der Waals surface area contributed by atoms with E-state index in [1.807, 2.05) is 53.9 Å². The molecule has 0 aliphatic carbocycles. The minimum atomic E-state index is -0.330. The van der Waals surface area contributed by atoms with Crippen LogP contribution >= 0.6 is 22.9 Å². The number of anilines is 3. The molecule has 0 atom stereocenters. The van der Waals surface area contributed by atoms with Crippen molar-refractivity contribution >= 4 is 46.3 Å². The molecule has 0 bridgehead atoms. The van der Waals surface area contributed by atoms with Crippen LogP contribution in [0.25, 0.3) is 21.7 Å². The van der Waals surface area contributed by atoms with Crippen LogP contribution < -0.4 is 15.5 Å². The fourth-order valence-electron chi connectivity index (χ4n) is 3.67. The molecule has 0 saturated carbocycles. The highest BCUT2D eigenvalue weighted by Gasteiger charge is 2.14. The second kappa shape index (κ2) is 10.2. The molecule has 2 N–H and O–H groups in total. The first-order chi connectivity index (χ1) is 16.7. The SMILES string of the molecule is O=C(Nc1ccc(-c2ccnc(N3CCOCC3)n2)cc1)Nc1ccc(Cl)c(-c2cccs2)c1. The summed E-state index contributed by atoms with van der Waals surface area (Å²) in [6.07, 6.45) is 1.77. The summed E-state index contributed by atoms with van der Waals surface area (Å²) in [5.74, 6) is 0.701. The van der Waals surface area contributed by atoms with E-state index in [1.54, 1.807) is 29.7 Å².